The lowest BCUT2D eigenvalue weighted by Gasteiger charge is -2.18. The first-order valence-electron chi connectivity index (χ1n) is 23.5. The number of carboxylic acids is 2. The zero-order valence-corrected chi connectivity index (χ0v) is 40.7. The molecular formula is C49H91O14+. The van der Waals surface area contributed by atoms with Crippen molar-refractivity contribution >= 4 is 36.6 Å². The summed E-state index contributed by atoms with van der Waals surface area (Å²) in [4.78, 5) is 53.1. The van der Waals surface area contributed by atoms with E-state index in [0.29, 0.717) is 12.8 Å². The Morgan fingerprint density at radius 3 is 1.46 bits per heavy atom. The van der Waals surface area contributed by atoms with Crippen LogP contribution in [0.15, 0.2) is 24.3 Å². The Kier molecular flexibility index (Phi) is 53.7. The largest absolute Gasteiger partial charge is 0.607 e. The Balaban J connectivity index is -0.000000431. The molecule has 0 aromatic heterocycles. The molecule has 4 N–H and O–H groups in total. The van der Waals surface area contributed by atoms with Crippen LogP contribution in [0.25, 0.3) is 0 Å². The Morgan fingerprint density at radius 1 is 0.587 bits per heavy atom. The van der Waals surface area contributed by atoms with Crippen LogP contribution < -0.4 is 0 Å². The smallest absolute Gasteiger partial charge is 0.481 e. The van der Waals surface area contributed by atoms with Crippen LogP contribution in [0.1, 0.15) is 202 Å². The molecule has 0 unspecified atom stereocenters. The average Bonchev–Trinajstić information content (AvgIpc) is 3.27. The third-order valence-electron chi connectivity index (χ3n) is 9.81. The number of aliphatic carboxylic acids is 2. The van der Waals surface area contributed by atoms with Crippen molar-refractivity contribution in [3.05, 3.63) is 24.3 Å². The summed E-state index contributed by atoms with van der Waals surface area (Å²) in [7, 11) is 4.39. The Bertz CT molecular complexity index is 1150. The number of unbranched alkanes of at least 4 members (excludes halogenated alkanes) is 16. The second-order valence-electron chi connectivity index (χ2n) is 15.6. The van der Waals surface area contributed by atoms with Crippen molar-refractivity contribution < 1.29 is 67.8 Å². The number of methoxy groups -OCH3 is 3. The number of rotatable bonds is 36. The zero-order chi connectivity index (χ0) is 48.5. The highest BCUT2D eigenvalue weighted by atomic mass is 16.6. The summed E-state index contributed by atoms with van der Waals surface area (Å²) in [5.41, 5.74) is 0. The van der Waals surface area contributed by atoms with E-state index in [2.05, 4.69) is 58.8 Å². The molecule has 0 radical (unpaired) electrons. The fourth-order valence-corrected chi connectivity index (χ4v) is 5.49. The van der Waals surface area contributed by atoms with Crippen molar-refractivity contribution in [3.8, 4) is 0 Å². The van der Waals surface area contributed by atoms with E-state index in [1.165, 1.54) is 79.6 Å². The first-order valence-corrected chi connectivity index (χ1v) is 23.5. The number of esters is 2. The Morgan fingerprint density at radius 2 is 1.03 bits per heavy atom. The highest BCUT2D eigenvalue weighted by Gasteiger charge is 2.22. The molecule has 0 rings (SSSR count). The molecule has 0 aromatic rings. The molecule has 14 heteroatoms. The predicted molar refractivity (Wildman–Crippen MR) is 250 cm³/mol. The van der Waals surface area contributed by atoms with Gasteiger partial charge in [0.05, 0.1) is 18.0 Å². The number of carboxylic acid groups (broad SMARTS) is 2. The number of carbonyl (C=O) groups excluding carboxylic acids is 4. The van der Waals surface area contributed by atoms with Gasteiger partial charge >= 0.3 is 29.8 Å². The fraction of sp³-hybridized carbons (Fsp3) is 0.796. The maximum absolute atomic E-state index is 12.0. The molecule has 0 fully saturated rings. The SMILES string of the molecule is C=[O+]C(=O)[C@@H](C)OC.CCCCCC[C@@H](O)C/C=C\CCCCCCCC(=O)O.CCCCCC[C@H](C/C=C\CCCCCCCC(=O)OC)OC(=O)[C@@H](C)OC.C[C@@H](O)C(=O)O. The van der Waals surface area contributed by atoms with Crippen LogP contribution in [0.4, 0.5) is 0 Å². The van der Waals surface area contributed by atoms with E-state index >= 15 is 0 Å². The third-order valence-corrected chi connectivity index (χ3v) is 9.81. The van der Waals surface area contributed by atoms with Crippen molar-refractivity contribution in [2.75, 3.05) is 21.3 Å². The lowest BCUT2D eigenvalue weighted by Crippen LogP contribution is -2.27. The van der Waals surface area contributed by atoms with Gasteiger partial charge in [-0.05, 0) is 85.0 Å². The van der Waals surface area contributed by atoms with Gasteiger partial charge in [-0.15, -0.1) is 0 Å². The lowest BCUT2D eigenvalue weighted by molar-refractivity contribution is -0.376. The average molecular weight is 904 g/mol. The summed E-state index contributed by atoms with van der Waals surface area (Å²) >= 11 is 0. The molecule has 0 aromatic carbocycles. The van der Waals surface area contributed by atoms with Gasteiger partial charge in [0.15, 0.2) is 12.9 Å². The van der Waals surface area contributed by atoms with Gasteiger partial charge < -0.3 is 39.4 Å². The summed E-state index contributed by atoms with van der Waals surface area (Å²) in [5, 5.41) is 34.1. The summed E-state index contributed by atoms with van der Waals surface area (Å²) in [5.74, 6) is -2.72. The van der Waals surface area contributed by atoms with E-state index in [-0.39, 0.29) is 24.1 Å². The van der Waals surface area contributed by atoms with Gasteiger partial charge in [-0.3, -0.25) is 14.0 Å². The molecular weight excluding hydrogens is 813 g/mol. The van der Waals surface area contributed by atoms with Crippen molar-refractivity contribution in [3.63, 3.8) is 0 Å². The standard InChI is InChI=1S/C23H42O5.C18H34O3.C5H9O3.C3H6O3/c1-5-6-7-14-17-21(28-23(25)20(2)26-3)18-15-12-10-8-9-11-13-16-19-22(24)27-4;1-2-3-4-11-14-17(19)15-12-9-7-5-6-8-10-13-16-18(20)21;1-4(7-2)5(6)8-3;1-2(4)3(5)6/h12,15,20-21H,5-11,13-14,16-19H2,1-4H3;9,12,17,19H,2-8,10-11,13-16H2,1H3,(H,20,21);4H,3H2,1-2H3;2,4H,1H3,(H,5,6)/q;;+1;/b15-12-;12-9-;;/t20-,21-;17-;4-;2-/m1111/s1. The van der Waals surface area contributed by atoms with Crippen molar-refractivity contribution in [1.82, 2.24) is 0 Å². The van der Waals surface area contributed by atoms with Crippen molar-refractivity contribution in [2.45, 2.75) is 232 Å². The first-order chi connectivity index (χ1) is 30.1. The highest BCUT2D eigenvalue weighted by molar-refractivity contribution is 5.74. The second kappa shape index (κ2) is 51.2. The second-order valence-corrected chi connectivity index (χ2v) is 15.6. The van der Waals surface area contributed by atoms with Crippen LogP contribution in [0.2, 0.25) is 0 Å². The minimum Gasteiger partial charge on any atom is -0.481 e. The number of aliphatic hydroxyl groups excluding tert-OH is 2. The van der Waals surface area contributed by atoms with Gasteiger partial charge in [-0.1, -0.05) is 122 Å². The molecule has 0 spiro atoms. The van der Waals surface area contributed by atoms with Crippen LogP contribution >= 0.6 is 0 Å². The van der Waals surface area contributed by atoms with Crippen LogP contribution in [0.3, 0.4) is 0 Å². The molecule has 0 saturated carbocycles. The molecule has 0 bridgehead atoms. The van der Waals surface area contributed by atoms with Gasteiger partial charge in [0.2, 0.25) is 6.10 Å². The lowest BCUT2D eigenvalue weighted by atomic mass is 10.1. The van der Waals surface area contributed by atoms with Crippen LogP contribution in [0.5, 0.6) is 0 Å². The van der Waals surface area contributed by atoms with Gasteiger partial charge in [0.25, 0.3) is 0 Å². The maximum Gasteiger partial charge on any atom is 0.607 e. The molecule has 0 saturated heterocycles. The summed E-state index contributed by atoms with van der Waals surface area (Å²) in [6.45, 7) is 11.8. The molecule has 5 atom stereocenters. The van der Waals surface area contributed by atoms with Crippen LogP contribution in [-0.2, 0) is 47.3 Å². The summed E-state index contributed by atoms with van der Waals surface area (Å²) < 4.78 is 24.0. The number of hydrogen-bond donors (Lipinski definition) is 4. The van der Waals surface area contributed by atoms with Gasteiger partial charge in [0, 0.05) is 33.5 Å². The van der Waals surface area contributed by atoms with E-state index in [1.54, 1.807) is 13.8 Å². The zero-order valence-electron chi connectivity index (χ0n) is 40.7. The summed E-state index contributed by atoms with van der Waals surface area (Å²) in [6, 6.07) is 0. The monoisotopic (exact) mass is 904 g/mol. The van der Waals surface area contributed by atoms with E-state index in [0.717, 1.165) is 103 Å². The Hall–Kier alpha value is -3.46. The van der Waals surface area contributed by atoms with Crippen molar-refractivity contribution in [1.29, 1.82) is 0 Å². The molecule has 0 aliphatic heterocycles. The quantitative estimate of drug-likeness (QED) is 0.0200. The normalized spacial score (nSPS) is 13.2. The van der Waals surface area contributed by atoms with E-state index in [4.69, 9.17) is 24.8 Å². The maximum atomic E-state index is 12.0. The molecule has 0 amide bonds. The van der Waals surface area contributed by atoms with Crippen LogP contribution in [-0.4, -0.2) is 109 Å². The molecule has 63 heavy (non-hydrogen) atoms. The molecule has 0 aliphatic carbocycles. The number of hydrogen-bond acceptors (Lipinski definition) is 11. The Labute approximate surface area is 381 Å². The minimum atomic E-state index is -1.23. The topological polar surface area (TPSA) is 214 Å². The predicted octanol–water partition coefficient (Wildman–Crippen LogP) is 10.2. The number of ether oxygens (including phenoxy) is 4. The van der Waals surface area contributed by atoms with E-state index < -0.39 is 36.2 Å². The number of allylic oxidation sites excluding steroid dienone is 2. The highest BCUT2D eigenvalue weighted by Crippen LogP contribution is 2.15. The first kappa shape index (κ1) is 66.1. The molecule has 0 aliphatic rings. The number of aliphatic hydroxyl groups is 2. The third kappa shape index (κ3) is 54.6. The molecule has 370 valence electrons. The van der Waals surface area contributed by atoms with Gasteiger partial charge in [-0.25, -0.2) is 9.59 Å². The van der Waals surface area contributed by atoms with Gasteiger partial charge in [0.1, 0.15) is 12.2 Å². The van der Waals surface area contributed by atoms with Crippen LogP contribution in [0, 0.1) is 0 Å². The van der Waals surface area contributed by atoms with E-state index in [1.807, 2.05) is 0 Å². The van der Waals surface area contributed by atoms with Crippen molar-refractivity contribution in [2.24, 2.45) is 0 Å². The molecule has 0 heterocycles. The fourth-order valence-electron chi connectivity index (χ4n) is 5.49. The van der Waals surface area contributed by atoms with Gasteiger partial charge in [-0.2, -0.15) is 0 Å². The molecule has 14 nitrogen and oxygen atoms in total. The number of carbonyl (C=O) groups is 5. The minimum absolute atomic E-state index is 0.0588. The summed E-state index contributed by atoms with van der Waals surface area (Å²) in [6.07, 6.45) is 32.8. The van der Waals surface area contributed by atoms with E-state index in [9.17, 15) is 29.1 Å².